The minimum absolute atomic E-state index is 0.238. The van der Waals surface area contributed by atoms with Crippen molar-refractivity contribution in [2.24, 2.45) is 0 Å². The van der Waals surface area contributed by atoms with E-state index in [9.17, 15) is 9.59 Å². The van der Waals surface area contributed by atoms with Crippen LogP contribution in [0, 0.1) is 0 Å². The monoisotopic (exact) mass is 327 g/mol. The molecule has 0 saturated carbocycles. The summed E-state index contributed by atoms with van der Waals surface area (Å²) in [5.41, 5.74) is 0. The first-order valence-electron chi connectivity index (χ1n) is 5.96. The van der Waals surface area contributed by atoms with E-state index in [0.717, 1.165) is 0 Å². The highest BCUT2D eigenvalue weighted by atomic mass is 79.9. The minimum atomic E-state index is -0.460. The second-order valence-electron chi connectivity index (χ2n) is 4.07. The van der Waals surface area contributed by atoms with Crippen LogP contribution in [0.2, 0.25) is 0 Å². The number of hydrogen-bond acceptors (Lipinski definition) is 6. The molecule has 7 nitrogen and oxygen atoms in total. The zero-order valence-electron chi connectivity index (χ0n) is 10.4. The van der Waals surface area contributed by atoms with E-state index in [1.165, 1.54) is 0 Å². The van der Waals surface area contributed by atoms with Gasteiger partial charge in [0.2, 0.25) is 17.8 Å². The number of nitrogens with one attached hydrogen (secondary N) is 3. The fourth-order valence-corrected chi connectivity index (χ4v) is 2.01. The number of anilines is 2. The maximum Gasteiger partial charge on any atom is 0.249 e. The summed E-state index contributed by atoms with van der Waals surface area (Å²) in [6.45, 7) is 2.65. The van der Waals surface area contributed by atoms with E-state index in [4.69, 9.17) is 0 Å². The van der Waals surface area contributed by atoms with E-state index in [2.05, 4.69) is 41.8 Å². The van der Waals surface area contributed by atoms with Crippen molar-refractivity contribution in [2.45, 2.75) is 25.8 Å². The summed E-state index contributed by atoms with van der Waals surface area (Å²) in [7, 11) is 0. The normalized spacial score (nSPS) is 18.9. The highest BCUT2D eigenvalue weighted by Crippen LogP contribution is 2.22. The third kappa shape index (κ3) is 3.40. The Balaban J connectivity index is 2.11. The van der Waals surface area contributed by atoms with Crippen LogP contribution in [0.5, 0.6) is 0 Å². The molecule has 3 N–H and O–H groups in total. The zero-order chi connectivity index (χ0) is 13.8. The van der Waals surface area contributed by atoms with Gasteiger partial charge in [-0.3, -0.25) is 14.9 Å². The summed E-state index contributed by atoms with van der Waals surface area (Å²) in [5.74, 6) is 0.450. The molecule has 1 fully saturated rings. The molecule has 2 heterocycles. The molecule has 1 unspecified atom stereocenters. The molecule has 1 aromatic heterocycles. The van der Waals surface area contributed by atoms with Gasteiger partial charge in [-0.15, -0.1) is 0 Å². The second-order valence-corrected chi connectivity index (χ2v) is 4.92. The molecule has 1 saturated heterocycles. The number of nitrogens with zero attached hydrogens (tertiary/aromatic N) is 2. The number of carbonyl (C=O) groups is 2. The van der Waals surface area contributed by atoms with Crippen LogP contribution in [-0.4, -0.2) is 34.4 Å². The number of rotatable bonds is 4. The molecular weight excluding hydrogens is 314 g/mol. The smallest absolute Gasteiger partial charge is 0.249 e. The standard InChI is InChI=1S/C11H14BrN5O2/c1-2-13-11-14-5-6(12)9(17-11)15-7-3-4-8(18)16-10(7)19/h5,7H,2-4H2,1H3,(H,16,18,19)(H2,13,14,15,17). The summed E-state index contributed by atoms with van der Waals surface area (Å²) in [5, 5.41) is 8.30. The van der Waals surface area contributed by atoms with Gasteiger partial charge in [-0.05, 0) is 29.3 Å². The molecule has 19 heavy (non-hydrogen) atoms. The van der Waals surface area contributed by atoms with Gasteiger partial charge in [-0.1, -0.05) is 0 Å². The van der Waals surface area contributed by atoms with Crippen molar-refractivity contribution in [1.29, 1.82) is 0 Å². The second kappa shape index (κ2) is 5.96. The lowest BCUT2D eigenvalue weighted by atomic mass is 10.1. The maximum atomic E-state index is 11.7. The summed E-state index contributed by atoms with van der Waals surface area (Å²) in [6.07, 6.45) is 2.39. The largest absolute Gasteiger partial charge is 0.357 e. The predicted octanol–water partition coefficient (Wildman–Crippen LogP) is 0.888. The first-order chi connectivity index (χ1) is 9.10. The quantitative estimate of drug-likeness (QED) is 0.711. The SMILES string of the molecule is CCNc1ncc(Br)c(NC2CCC(=O)NC2=O)n1. The average molecular weight is 328 g/mol. The number of halogens is 1. The third-order valence-electron chi connectivity index (χ3n) is 2.63. The van der Waals surface area contributed by atoms with Crippen LogP contribution in [0.25, 0.3) is 0 Å². The number of carbonyl (C=O) groups excluding carboxylic acids is 2. The van der Waals surface area contributed by atoms with Crippen LogP contribution >= 0.6 is 15.9 Å². The molecule has 2 amide bonds. The van der Waals surface area contributed by atoms with Gasteiger partial charge in [-0.25, -0.2) is 4.98 Å². The Labute approximate surface area is 118 Å². The number of amides is 2. The van der Waals surface area contributed by atoms with Crippen LogP contribution in [0.3, 0.4) is 0 Å². The van der Waals surface area contributed by atoms with E-state index < -0.39 is 6.04 Å². The van der Waals surface area contributed by atoms with Crippen molar-refractivity contribution in [3.05, 3.63) is 10.7 Å². The molecule has 0 aromatic carbocycles. The van der Waals surface area contributed by atoms with Crippen LogP contribution in [0.15, 0.2) is 10.7 Å². The number of imide groups is 1. The number of piperidine rings is 1. The van der Waals surface area contributed by atoms with Crippen molar-refractivity contribution in [3.63, 3.8) is 0 Å². The molecule has 0 bridgehead atoms. The van der Waals surface area contributed by atoms with E-state index >= 15 is 0 Å². The van der Waals surface area contributed by atoms with E-state index in [-0.39, 0.29) is 11.8 Å². The number of aromatic nitrogens is 2. The Kier molecular flexibility index (Phi) is 4.31. The van der Waals surface area contributed by atoms with Gasteiger partial charge in [0.05, 0.1) is 4.47 Å². The maximum absolute atomic E-state index is 11.7. The Morgan fingerprint density at radius 3 is 3.00 bits per heavy atom. The zero-order valence-corrected chi connectivity index (χ0v) is 12.0. The third-order valence-corrected chi connectivity index (χ3v) is 3.21. The Morgan fingerprint density at radius 2 is 2.32 bits per heavy atom. The Bertz CT molecular complexity index is 508. The molecular formula is C11H14BrN5O2. The Morgan fingerprint density at radius 1 is 1.53 bits per heavy atom. The minimum Gasteiger partial charge on any atom is -0.357 e. The lowest BCUT2D eigenvalue weighted by Gasteiger charge is -2.22. The lowest BCUT2D eigenvalue weighted by Crippen LogP contribution is -2.47. The molecule has 0 radical (unpaired) electrons. The van der Waals surface area contributed by atoms with Crippen molar-refractivity contribution < 1.29 is 9.59 Å². The average Bonchev–Trinajstić information content (AvgIpc) is 2.37. The Hall–Kier alpha value is -1.70. The van der Waals surface area contributed by atoms with Gasteiger partial charge >= 0.3 is 0 Å². The lowest BCUT2D eigenvalue weighted by molar-refractivity contribution is -0.133. The van der Waals surface area contributed by atoms with Gasteiger partial charge in [0.25, 0.3) is 0 Å². The van der Waals surface area contributed by atoms with Crippen molar-refractivity contribution >= 4 is 39.5 Å². The first-order valence-corrected chi connectivity index (χ1v) is 6.76. The molecule has 0 aliphatic carbocycles. The van der Waals surface area contributed by atoms with Crippen molar-refractivity contribution in [3.8, 4) is 0 Å². The van der Waals surface area contributed by atoms with Gasteiger partial charge in [-0.2, -0.15) is 4.98 Å². The van der Waals surface area contributed by atoms with E-state index in [1.54, 1.807) is 6.20 Å². The number of hydrogen-bond donors (Lipinski definition) is 3. The van der Waals surface area contributed by atoms with Crippen molar-refractivity contribution in [1.82, 2.24) is 15.3 Å². The molecule has 1 aliphatic heterocycles. The molecule has 1 aliphatic rings. The summed E-state index contributed by atoms with van der Waals surface area (Å²) < 4.78 is 0.666. The van der Waals surface area contributed by atoms with Gasteiger partial charge in [0.1, 0.15) is 11.9 Å². The van der Waals surface area contributed by atoms with Crippen LogP contribution in [-0.2, 0) is 9.59 Å². The van der Waals surface area contributed by atoms with Crippen molar-refractivity contribution in [2.75, 3.05) is 17.2 Å². The topological polar surface area (TPSA) is 96.0 Å². The molecule has 8 heteroatoms. The summed E-state index contributed by atoms with van der Waals surface area (Å²) >= 11 is 3.33. The highest BCUT2D eigenvalue weighted by Gasteiger charge is 2.27. The fraction of sp³-hybridized carbons (Fsp3) is 0.455. The van der Waals surface area contributed by atoms with Gasteiger partial charge < -0.3 is 10.6 Å². The first kappa shape index (κ1) is 13.7. The molecule has 102 valence electrons. The van der Waals surface area contributed by atoms with Crippen LogP contribution in [0.4, 0.5) is 11.8 Å². The highest BCUT2D eigenvalue weighted by molar-refractivity contribution is 9.10. The molecule has 1 aromatic rings. The van der Waals surface area contributed by atoms with Gasteiger partial charge in [0, 0.05) is 19.2 Å². The van der Waals surface area contributed by atoms with Crippen LogP contribution in [0.1, 0.15) is 19.8 Å². The van der Waals surface area contributed by atoms with E-state index in [0.29, 0.717) is 35.6 Å². The fourth-order valence-electron chi connectivity index (χ4n) is 1.71. The van der Waals surface area contributed by atoms with Crippen LogP contribution < -0.4 is 16.0 Å². The summed E-state index contributed by atoms with van der Waals surface area (Å²) in [4.78, 5) is 31.1. The van der Waals surface area contributed by atoms with E-state index in [1.807, 2.05) is 6.92 Å². The van der Waals surface area contributed by atoms with Gasteiger partial charge in [0.15, 0.2) is 0 Å². The predicted molar refractivity (Wildman–Crippen MR) is 73.7 cm³/mol. The molecule has 2 rings (SSSR count). The molecule has 1 atom stereocenters. The summed E-state index contributed by atoms with van der Waals surface area (Å²) in [6, 6.07) is -0.460. The molecule has 0 spiro atoms.